The van der Waals surface area contributed by atoms with Crippen LogP contribution in [-0.2, 0) is 0 Å². The van der Waals surface area contributed by atoms with E-state index in [0.29, 0.717) is 0 Å². The van der Waals surface area contributed by atoms with Crippen LogP contribution in [0.3, 0.4) is 0 Å². The number of aliphatic hydroxyl groups is 1. The average molecular weight is 184 g/mol. The van der Waals surface area contributed by atoms with E-state index in [4.69, 9.17) is 0 Å². The second-order valence-electron chi connectivity index (χ2n) is 3.72. The number of rotatable bonds is 4. The molecule has 2 nitrogen and oxygen atoms in total. The molecule has 0 saturated heterocycles. The Bertz CT molecular complexity index is 127. The molecule has 74 valence electrons. The molecular weight excluding hydrogens is 170 g/mol. The lowest BCUT2D eigenvalue weighted by atomic mass is 9.91. The number of nitrogens with zero attached hydrogens (tertiary/aromatic N) is 1. The predicted molar refractivity (Wildman–Crippen MR) is 42.9 cm³/mol. The van der Waals surface area contributed by atoms with E-state index in [1.807, 2.05) is 0 Å². The summed E-state index contributed by atoms with van der Waals surface area (Å²) in [6, 6.07) is 0. The topological polar surface area (TPSA) is 23.5 Å². The molecule has 1 N–H and O–H groups in total. The van der Waals surface area contributed by atoms with Crippen LogP contribution in [0, 0.1) is 0 Å². The van der Waals surface area contributed by atoms with Crippen LogP contribution in [0.15, 0.2) is 0 Å². The van der Waals surface area contributed by atoms with Crippen molar-refractivity contribution in [2.75, 3.05) is 20.0 Å². The molecule has 0 heterocycles. The van der Waals surface area contributed by atoms with Crippen molar-refractivity contribution in [1.29, 1.82) is 0 Å². The molecule has 0 spiro atoms. The fourth-order valence-corrected chi connectivity index (χ4v) is 1.08. The normalized spacial score (nSPS) is 14.0. The lowest BCUT2D eigenvalue weighted by Crippen LogP contribution is -2.42. The summed E-state index contributed by atoms with van der Waals surface area (Å²) in [5.74, 6) is 0. The van der Waals surface area contributed by atoms with E-state index in [1.54, 1.807) is 0 Å². The first-order valence-corrected chi connectivity index (χ1v) is 3.72. The maximum atomic E-state index is 11.8. The van der Waals surface area contributed by atoms with Crippen molar-refractivity contribution in [2.24, 2.45) is 0 Å². The molecule has 0 saturated carbocycles. The van der Waals surface area contributed by atoms with E-state index >= 15 is 0 Å². The quantitative estimate of drug-likeness (QED) is 0.660. The zero-order valence-electron chi connectivity index (χ0n) is 7.52. The molecule has 6 heteroatoms. The maximum absolute atomic E-state index is 11.8. The van der Waals surface area contributed by atoms with Crippen molar-refractivity contribution in [1.82, 2.24) is 4.90 Å². The lowest BCUT2D eigenvalue weighted by molar-refractivity contribution is 0.0474. The Morgan fingerprint density at radius 2 is 1.75 bits per heavy atom. The molecule has 0 rings (SSSR count). The van der Waals surface area contributed by atoms with Crippen LogP contribution in [-0.4, -0.2) is 42.6 Å². The Kier molecular flexibility index (Phi) is 3.59. The van der Waals surface area contributed by atoms with Crippen LogP contribution < -0.4 is 0 Å². The number of hydrogen-bond donors (Lipinski definition) is 1. The van der Waals surface area contributed by atoms with Gasteiger partial charge in [0.2, 0.25) is 0 Å². The van der Waals surface area contributed by atoms with Gasteiger partial charge in [-0.3, -0.25) is 0 Å². The van der Waals surface area contributed by atoms with Crippen molar-refractivity contribution >= 4 is 6.98 Å². The number of halogens is 3. The van der Waals surface area contributed by atoms with E-state index in [9.17, 15) is 18.1 Å². The van der Waals surface area contributed by atoms with Crippen molar-refractivity contribution in [3.8, 4) is 0 Å². The third kappa shape index (κ3) is 7.88. The zero-order valence-corrected chi connectivity index (χ0v) is 7.52. The Hall–Kier alpha value is -0.225. The molecular formula is C6H14BF3NO-. The molecule has 0 aliphatic heterocycles. The highest BCUT2D eigenvalue weighted by Gasteiger charge is 2.26. The molecule has 0 aliphatic carbocycles. The molecule has 0 aromatic rings. The Labute approximate surface area is 70.4 Å². The van der Waals surface area contributed by atoms with Gasteiger partial charge in [-0.25, -0.2) is 0 Å². The van der Waals surface area contributed by atoms with Crippen LogP contribution in [0.25, 0.3) is 0 Å². The van der Waals surface area contributed by atoms with E-state index in [2.05, 4.69) is 0 Å². The summed E-state index contributed by atoms with van der Waals surface area (Å²) < 4.78 is 35.5. The minimum atomic E-state index is -4.78. The third-order valence-electron chi connectivity index (χ3n) is 1.18. The Balaban J connectivity index is 3.83. The molecule has 0 fully saturated rings. The summed E-state index contributed by atoms with van der Waals surface area (Å²) in [4.78, 5) is 1.07. The van der Waals surface area contributed by atoms with Crippen LogP contribution in [0.1, 0.15) is 13.8 Å². The molecule has 0 bridgehead atoms. The Morgan fingerprint density at radius 1 is 1.33 bits per heavy atom. The molecule has 12 heavy (non-hydrogen) atoms. The van der Waals surface area contributed by atoms with Gasteiger partial charge in [0.25, 0.3) is 0 Å². The largest absolute Gasteiger partial charge is 0.492 e. The predicted octanol–water partition coefficient (Wildman–Crippen LogP) is 1.08. The van der Waals surface area contributed by atoms with Crippen molar-refractivity contribution < 1.29 is 18.1 Å². The molecule has 0 amide bonds. The molecule has 0 aliphatic rings. The van der Waals surface area contributed by atoms with Gasteiger partial charge in [0.05, 0.1) is 5.60 Å². The second kappa shape index (κ2) is 3.66. The van der Waals surface area contributed by atoms with Crippen LogP contribution in [0.4, 0.5) is 12.9 Å². The van der Waals surface area contributed by atoms with Crippen molar-refractivity contribution in [3.05, 3.63) is 0 Å². The minimum Gasteiger partial charge on any atom is -0.448 e. The average Bonchev–Trinajstić information content (AvgIpc) is 1.49. The van der Waals surface area contributed by atoms with E-state index < -0.39 is 19.0 Å². The summed E-state index contributed by atoms with van der Waals surface area (Å²) in [5, 5.41) is 9.18. The van der Waals surface area contributed by atoms with Crippen LogP contribution >= 0.6 is 0 Å². The molecule has 0 radical (unpaired) electrons. The maximum Gasteiger partial charge on any atom is 0.492 e. The zero-order chi connectivity index (χ0) is 9.99. The third-order valence-corrected chi connectivity index (χ3v) is 1.18. The molecule has 0 aromatic carbocycles. The van der Waals surface area contributed by atoms with Gasteiger partial charge in [0, 0.05) is 6.54 Å². The SMILES string of the molecule is CN(C[B-](F)(F)F)CC(C)(C)O. The lowest BCUT2D eigenvalue weighted by Gasteiger charge is -2.29. The molecule has 0 atom stereocenters. The fourth-order valence-electron chi connectivity index (χ4n) is 1.08. The molecule has 0 unspecified atom stereocenters. The standard InChI is InChI=1S/C6H14BF3NO/c1-6(2,12)4-11(3)5-7(8,9)10/h12H,4-5H2,1-3H3/q-1. The van der Waals surface area contributed by atoms with Crippen LogP contribution in [0.5, 0.6) is 0 Å². The van der Waals surface area contributed by atoms with Gasteiger partial charge in [-0.05, 0) is 27.3 Å². The highest BCUT2D eigenvalue weighted by atomic mass is 19.4. The van der Waals surface area contributed by atoms with Gasteiger partial charge in [0.15, 0.2) is 0 Å². The van der Waals surface area contributed by atoms with Gasteiger partial charge in [-0.15, -0.1) is 0 Å². The van der Waals surface area contributed by atoms with Gasteiger partial charge < -0.3 is 23.0 Å². The van der Waals surface area contributed by atoms with Gasteiger partial charge in [-0.1, -0.05) is 0 Å². The summed E-state index contributed by atoms with van der Waals surface area (Å²) >= 11 is 0. The molecule has 0 aromatic heterocycles. The Morgan fingerprint density at radius 3 is 2.00 bits per heavy atom. The summed E-state index contributed by atoms with van der Waals surface area (Å²) in [6.45, 7) is -1.80. The summed E-state index contributed by atoms with van der Waals surface area (Å²) in [7, 11) is 1.34. The van der Waals surface area contributed by atoms with E-state index in [1.165, 1.54) is 20.9 Å². The van der Waals surface area contributed by atoms with Crippen molar-refractivity contribution in [2.45, 2.75) is 19.4 Å². The highest BCUT2D eigenvalue weighted by Crippen LogP contribution is 2.11. The highest BCUT2D eigenvalue weighted by molar-refractivity contribution is 6.58. The summed E-state index contributed by atoms with van der Waals surface area (Å²) in [6.07, 6.45) is -0.927. The monoisotopic (exact) mass is 184 g/mol. The van der Waals surface area contributed by atoms with Crippen LogP contribution in [0.2, 0.25) is 0 Å². The first-order chi connectivity index (χ1) is 5.10. The first-order valence-electron chi connectivity index (χ1n) is 3.72. The van der Waals surface area contributed by atoms with Gasteiger partial charge in [0.1, 0.15) is 0 Å². The second-order valence-corrected chi connectivity index (χ2v) is 3.72. The first kappa shape index (κ1) is 11.8. The van der Waals surface area contributed by atoms with Gasteiger partial charge >= 0.3 is 6.98 Å². The van der Waals surface area contributed by atoms with Gasteiger partial charge in [-0.2, -0.15) is 0 Å². The summed E-state index contributed by atoms with van der Waals surface area (Å²) in [5.41, 5.74) is -1.07. The smallest absolute Gasteiger partial charge is 0.448 e. The number of hydrogen-bond acceptors (Lipinski definition) is 2. The fraction of sp³-hybridized carbons (Fsp3) is 1.00. The minimum absolute atomic E-state index is 0.0221. The van der Waals surface area contributed by atoms with Crippen molar-refractivity contribution in [3.63, 3.8) is 0 Å². The van der Waals surface area contributed by atoms with E-state index in [0.717, 1.165) is 4.90 Å². The van der Waals surface area contributed by atoms with E-state index in [-0.39, 0.29) is 6.54 Å². The number of likely N-dealkylation sites (N-methyl/N-ethyl adjacent to an activating group) is 1.